The molecule has 0 spiro atoms. The number of aromatic nitrogens is 2. The fraction of sp³-hybridized carbons (Fsp3) is 0.333. The largest absolute Gasteiger partial charge is 0.481 e. The number of hydrogen-bond acceptors (Lipinski definition) is 3. The molecule has 29 heavy (non-hydrogen) atoms. The van der Waals surface area contributed by atoms with Gasteiger partial charge in [0.2, 0.25) is 0 Å². The van der Waals surface area contributed by atoms with Gasteiger partial charge in [-0.15, -0.1) is 0 Å². The molecule has 1 saturated heterocycles. The average molecular weight is 389 g/mol. The Morgan fingerprint density at radius 1 is 1.10 bits per heavy atom. The van der Waals surface area contributed by atoms with Crippen LogP contribution in [-0.4, -0.2) is 38.8 Å². The molecule has 2 aromatic carbocycles. The predicted octanol–water partition coefficient (Wildman–Crippen LogP) is 4.39. The van der Waals surface area contributed by atoms with Gasteiger partial charge in [0.25, 0.3) is 0 Å². The highest BCUT2D eigenvalue weighted by Crippen LogP contribution is 2.28. The number of aryl methyl sites for hydroxylation is 1. The van der Waals surface area contributed by atoms with Crippen LogP contribution in [-0.2, 0) is 11.3 Å². The molecule has 5 nitrogen and oxygen atoms in total. The van der Waals surface area contributed by atoms with Gasteiger partial charge in [-0.1, -0.05) is 55.0 Å². The molecular formula is C24H27N3O2. The second-order valence-corrected chi connectivity index (χ2v) is 8.22. The molecule has 1 aliphatic heterocycles. The number of carbonyl (C=O) groups is 1. The first-order chi connectivity index (χ1) is 14.0. The molecule has 0 aliphatic carbocycles. The third kappa shape index (κ3) is 4.40. The van der Waals surface area contributed by atoms with Crippen LogP contribution >= 0.6 is 0 Å². The fourth-order valence-corrected chi connectivity index (χ4v) is 4.20. The fourth-order valence-electron chi connectivity index (χ4n) is 4.20. The van der Waals surface area contributed by atoms with E-state index in [9.17, 15) is 9.90 Å². The van der Waals surface area contributed by atoms with E-state index in [1.54, 1.807) is 0 Å². The van der Waals surface area contributed by atoms with Gasteiger partial charge in [-0.3, -0.25) is 9.69 Å². The van der Waals surface area contributed by atoms with Gasteiger partial charge >= 0.3 is 5.97 Å². The minimum Gasteiger partial charge on any atom is -0.481 e. The molecule has 1 aromatic heterocycles. The lowest BCUT2D eigenvalue weighted by Gasteiger charge is -2.34. The van der Waals surface area contributed by atoms with E-state index in [0.717, 1.165) is 35.5 Å². The Morgan fingerprint density at radius 3 is 2.52 bits per heavy atom. The molecule has 3 aromatic rings. The summed E-state index contributed by atoms with van der Waals surface area (Å²) in [5, 5.41) is 14.4. The molecule has 2 heterocycles. The first-order valence-corrected chi connectivity index (χ1v) is 10.2. The van der Waals surface area contributed by atoms with Crippen molar-refractivity contribution in [3.63, 3.8) is 0 Å². The van der Waals surface area contributed by atoms with Crippen LogP contribution in [0.2, 0.25) is 0 Å². The molecule has 0 amide bonds. The standard InChI is InChI=1S/C24H27N3O2/c1-17-8-10-19(11-9-17)23-21(16-27(25-23)22-6-4-3-5-7-22)15-26-13-18(2)12-20(14-26)24(28)29/h3-11,16,18,20H,12-15H2,1-2H3,(H,28,29). The van der Waals surface area contributed by atoms with Crippen LogP contribution in [0, 0.1) is 18.8 Å². The van der Waals surface area contributed by atoms with E-state index < -0.39 is 5.97 Å². The monoisotopic (exact) mass is 389 g/mol. The number of hydrogen-bond donors (Lipinski definition) is 1. The van der Waals surface area contributed by atoms with Crippen molar-refractivity contribution in [1.29, 1.82) is 0 Å². The van der Waals surface area contributed by atoms with Crippen LogP contribution in [0.4, 0.5) is 0 Å². The summed E-state index contributed by atoms with van der Waals surface area (Å²) < 4.78 is 1.92. The summed E-state index contributed by atoms with van der Waals surface area (Å²) >= 11 is 0. The molecule has 0 radical (unpaired) electrons. The first kappa shape index (κ1) is 19.4. The van der Waals surface area contributed by atoms with Crippen molar-refractivity contribution in [3.8, 4) is 16.9 Å². The first-order valence-electron chi connectivity index (χ1n) is 10.2. The second kappa shape index (κ2) is 8.21. The van der Waals surface area contributed by atoms with Crippen LogP contribution in [0.25, 0.3) is 16.9 Å². The smallest absolute Gasteiger partial charge is 0.307 e. The van der Waals surface area contributed by atoms with Crippen molar-refractivity contribution in [2.24, 2.45) is 11.8 Å². The number of aliphatic carboxylic acids is 1. The summed E-state index contributed by atoms with van der Waals surface area (Å²) in [6, 6.07) is 18.5. The minimum atomic E-state index is -0.694. The Balaban J connectivity index is 1.68. The van der Waals surface area contributed by atoms with E-state index in [1.807, 2.05) is 35.0 Å². The van der Waals surface area contributed by atoms with Gasteiger partial charge in [0.1, 0.15) is 0 Å². The minimum absolute atomic E-state index is 0.300. The van der Waals surface area contributed by atoms with Crippen molar-refractivity contribution < 1.29 is 9.90 Å². The summed E-state index contributed by atoms with van der Waals surface area (Å²) in [6.07, 6.45) is 2.83. The summed E-state index contributed by atoms with van der Waals surface area (Å²) in [6.45, 7) is 6.41. The molecule has 5 heteroatoms. The Bertz CT molecular complexity index is 979. The molecule has 1 fully saturated rings. The van der Waals surface area contributed by atoms with E-state index in [0.29, 0.717) is 19.0 Å². The maximum Gasteiger partial charge on any atom is 0.307 e. The molecule has 0 saturated carbocycles. The zero-order valence-electron chi connectivity index (χ0n) is 17.0. The maximum absolute atomic E-state index is 11.6. The van der Waals surface area contributed by atoms with Gasteiger partial charge in [0.15, 0.2) is 0 Å². The van der Waals surface area contributed by atoms with Gasteiger partial charge in [-0.05, 0) is 31.4 Å². The molecule has 0 bridgehead atoms. The van der Waals surface area contributed by atoms with Gasteiger partial charge in [0.05, 0.1) is 17.3 Å². The van der Waals surface area contributed by atoms with Crippen molar-refractivity contribution in [3.05, 3.63) is 71.9 Å². The van der Waals surface area contributed by atoms with E-state index in [1.165, 1.54) is 5.56 Å². The number of benzene rings is 2. The van der Waals surface area contributed by atoms with Gasteiger partial charge < -0.3 is 5.11 Å². The van der Waals surface area contributed by atoms with Crippen molar-refractivity contribution in [2.45, 2.75) is 26.8 Å². The zero-order valence-corrected chi connectivity index (χ0v) is 17.0. The SMILES string of the molecule is Cc1ccc(-c2nn(-c3ccccc3)cc2CN2CC(C)CC(C(=O)O)C2)cc1. The lowest BCUT2D eigenvalue weighted by Crippen LogP contribution is -2.41. The molecular weight excluding hydrogens is 362 g/mol. The number of carboxylic acids is 1. The van der Waals surface area contributed by atoms with Gasteiger partial charge in [0, 0.05) is 37.0 Å². The number of piperidine rings is 1. The normalized spacial score (nSPS) is 19.9. The molecule has 150 valence electrons. The van der Waals surface area contributed by atoms with Crippen LogP contribution in [0.15, 0.2) is 60.8 Å². The average Bonchev–Trinajstić information content (AvgIpc) is 3.12. The maximum atomic E-state index is 11.6. The summed E-state index contributed by atoms with van der Waals surface area (Å²) in [4.78, 5) is 13.8. The third-order valence-corrected chi connectivity index (χ3v) is 5.61. The van der Waals surface area contributed by atoms with Crippen molar-refractivity contribution in [2.75, 3.05) is 13.1 Å². The Morgan fingerprint density at radius 2 is 1.83 bits per heavy atom. The van der Waals surface area contributed by atoms with Crippen LogP contribution < -0.4 is 0 Å². The molecule has 2 unspecified atom stereocenters. The highest BCUT2D eigenvalue weighted by Gasteiger charge is 2.30. The Kier molecular flexibility index (Phi) is 5.49. The number of nitrogens with zero attached hydrogens (tertiary/aromatic N) is 3. The third-order valence-electron chi connectivity index (χ3n) is 5.61. The summed E-state index contributed by atoms with van der Waals surface area (Å²) in [7, 11) is 0. The van der Waals surface area contributed by atoms with E-state index in [-0.39, 0.29) is 5.92 Å². The molecule has 1 aliphatic rings. The number of carboxylic acid groups (broad SMARTS) is 1. The van der Waals surface area contributed by atoms with Crippen LogP contribution in [0.3, 0.4) is 0 Å². The molecule has 1 N–H and O–H groups in total. The zero-order chi connectivity index (χ0) is 20.4. The summed E-state index contributed by atoms with van der Waals surface area (Å²) in [5.74, 6) is -0.622. The molecule has 4 rings (SSSR count). The molecule has 2 atom stereocenters. The quantitative estimate of drug-likeness (QED) is 0.703. The number of para-hydroxylation sites is 1. The topological polar surface area (TPSA) is 58.4 Å². The van der Waals surface area contributed by atoms with Crippen LogP contribution in [0.5, 0.6) is 0 Å². The highest BCUT2D eigenvalue weighted by atomic mass is 16.4. The van der Waals surface area contributed by atoms with E-state index in [4.69, 9.17) is 5.10 Å². The Hall–Kier alpha value is -2.92. The number of rotatable bonds is 5. The summed E-state index contributed by atoms with van der Waals surface area (Å²) in [5.41, 5.74) is 5.39. The van der Waals surface area contributed by atoms with Crippen molar-refractivity contribution in [1.82, 2.24) is 14.7 Å². The second-order valence-electron chi connectivity index (χ2n) is 8.22. The lowest BCUT2D eigenvalue weighted by molar-refractivity contribution is -0.144. The number of likely N-dealkylation sites (tertiary alicyclic amines) is 1. The van der Waals surface area contributed by atoms with E-state index >= 15 is 0 Å². The lowest BCUT2D eigenvalue weighted by atomic mass is 9.90. The van der Waals surface area contributed by atoms with Crippen LogP contribution in [0.1, 0.15) is 24.5 Å². The Labute approximate surface area is 171 Å². The van der Waals surface area contributed by atoms with Crippen molar-refractivity contribution >= 4 is 5.97 Å². The van der Waals surface area contributed by atoms with E-state index in [2.05, 4.69) is 49.2 Å². The van der Waals surface area contributed by atoms with Gasteiger partial charge in [-0.2, -0.15) is 5.10 Å². The predicted molar refractivity (Wildman–Crippen MR) is 114 cm³/mol. The highest BCUT2D eigenvalue weighted by molar-refractivity contribution is 5.70. The van der Waals surface area contributed by atoms with Gasteiger partial charge in [-0.25, -0.2) is 4.68 Å².